The molecule has 0 spiro atoms. The monoisotopic (exact) mass is 307 g/mol. The average Bonchev–Trinajstić information content (AvgIpc) is 2.53. The Hall–Kier alpha value is -2.88. The van der Waals surface area contributed by atoms with Gasteiger partial charge < -0.3 is 9.72 Å². The van der Waals surface area contributed by atoms with Gasteiger partial charge in [0.05, 0.1) is 11.1 Å². The van der Waals surface area contributed by atoms with Gasteiger partial charge in [-0.3, -0.25) is 4.79 Å². The number of esters is 1. The number of ether oxygens (including phenoxy) is 1. The highest BCUT2D eigenvalue weighted by Crippen LogP contribution is 2.14. The number of hydrogen-bond donors (Lipinski definition) is 1. The molecule has 3 rings (SSSR count). The first-order valence-electron chi connectivity index (χ1n) is 7.40. The smallest absolute Gasteiger partial charge is 0.338 e. The van der Waals surface area contributed by atoms with Crippen LogP contribution in [0.3, 0.4) is 0 Å². The molecule has 0 bridgehead atoms. The first kappa shape index (κ1) is 15.0. The molecule has 116 valence electrons. The molecule has 4 heteroatoms. The summed E-state index contributed by atoms with van der Waals surface area (Å²) in [7, 11) is 0. The van der Waals surface area contributed by atoms with Crippen LogP contribution in [0.5, 0.6) is 0 Å². The summed E-state index contributed by atoms with van der Waals surface area (Å²) in [4.78, 5) is 27.1. The second-order valence-electron chi connectivity index (χ2n) is 5.61. The second-order valence-corrected chi connectivity index (χ2v) is 5.61. The van der Waals surface area contributed by atoms with Crippen LogP contribution in [0.15, 0.2) is 53.3 Å². The minimum absolute atomic E-state index is 0.0493. The van der Waals surface area contributed by atoms with Gasteiger partial charge in [-0.2, -0.15) is 0 Å². The van der Waals surface area contributed by atoms with Crippen molar-refractivity contribution in [2.75, 3.05) is 0 Å². The third-order valence-electron chi connectivity index (χ3n) is 3.80. The number of pyridine rings is 1. The van der Waals surface area contributed by atoms with E-state index in [1.54, 1.807) is 18.2 Å². The van der Waals surface area contributed by atoms with Crippen molar-refractivity contribution in [2.45, 2.75) is 20.5 Å². The van der Waals surface area contributed by atoms with Crippen LogP contribution in [0.25, 0.3) is 10.9 Å². The molecular weight excluding hydrogens is 290 g/mol. The number of hydrogen-bond acceptors (Lipinski definition) is 3. The summed E-state index contributed by atoms with van der Waals surface area (Å²) < 4.78 is 5.29. The molecule has 0 aliphatic rings. The maximum atomic E-state index is 12.1. The van der Waals surface area contributed by atoms with Crippen LogP contribution in [0.2, 0.25) is 0 Å². The molecule has 1 N–H and O–H groups in total. The van der Waals surface area contributed by atoms with E-state index in [9.17, 15) is 9.59 Å². The number of carbonyl (C=O) groups excluding carboxylic acids is 1. The normalized spacial score (nSPS) is 10.7. The highest BCUT2D eigenvalue weighted by atomic mass is 16.5. The fraction of sp³-hybridized carbons (Fsp3) is 0.158. The Labute approximate surface area is 133 Å². The number of rotatable bonds is 3. The summed E-state index contributed by atoms with van der Waals surface area (Å²) in [5, 5.41) is 0.914. The molecule has 1 aromatic heterocycles. The first-order valence-corrected chi connectivity index (χ1v) is 7.40. The third-order valence-corrected chi connectivity index (χ3v) is 3.80. The van der Waals surface area contributed by atoms with Crippen LogP contribution < -0.4 is 5.56 Å². The zero-order valence-electron chi connectivity index (χ0n) is 13.1. The maximum absolute atomic E-state index is 12.1. The van der Waals surface area contributed by atoms with Gasteiger partial charge in [0.2, 0.25) is 0 Å². The molecule has 0 saturated carbocycles. The maximum Gasteiger partial charge on any atom is 0.338 e. The van der Waals surface area contributed by atoms with Crippen molar-refractivity contribution in [3.8, 4) is 0 Å². The summed E-state index contributed by atoms with van der Waals surface area (Å²) in [5.74, 6) is -0.425. The van der Waals surface area contributed by atoms with Gasteiger partial charge in [0, 0.05) is 5.52 Å². The molecule has 23 heavy (non-hydrogen) atoms. The lowest BCUT2D eigenvalue weighted by molar-refractivity contribution is 0.0470. The Balaban J connectivity index is 1.83. The number of H-pyrrole nitrogens is 1. The van der Waals surface area contributed by atoms with Gasteiger partial charge >= 0.3 is 5.97 Å². The van der Waals surface area contributed by atoms with Crippen molar-refractivity contribution in [2.24, 2.45) is 0 Å². The zero-order valence-corrected chi connectivity index (χ0v) is 13.1. The molecule has 1 heterocycles. The minimum atomic E-state index is -0.425. The van der Waals surface area contributed by atoms with E-state index in [1.165, 1.54) is 0 Å². The first-order chi connectivity index (χ1) is 11.0. The quantitative estimate of drug-likeness (QED) is 0.753. The average molecular weight is 307 g/mol. The molecule has 0 atom stereocenters. The molecule has 0 unspecified atom stereocenters. The van der Waals surface area contributed by atoms with Crippen molar-refractivity contribution in [1.82, 2.24) is 4.98 Å². The van der Waals surface area contributed by atoms with E-state index in [4.69, 9.17) is 4.74 Å². The van der Waals surface area contributed by atoms with Crippen molar-refractivity contribution in [1.29, 1.82) is 0 Å². The van der Waals surface area contributed by atoms with E-state index in [1.807, 2.05) is 44.2 Å². The number of aromatic amines is 1. The summed E-state index contributed by atoms with van der Waals surface area (Å²) in [6, 6.07) is 14.8. The molecular formula is C19H17NO3. The highest BCUT2D eigenvalue weighted by molar-refractivity contribution is 5.91. The number of benzene rings is 2. The van der Waals surface area contributed by atoms with Gasteiger partial charge in [-0.1, -0.05) is 30.3 Å². The molecule has 3 aromatic rings. The standard InChI is InChI=1S/C19H17NO3/c1-12-7-8-14-10-15(18(21)20-17(14)9-12)11-23-19(22)16-6-4-3-5-13(16)2/h3-10H,11H2,1-2H3,(H,20,21). The predicted molar refractivity (Wildman–Crippen MR) is 89.6 cm³/mol. The summed E-state index contributed by atoms with van der Waals surface area (Å²) >= 11 is 0. The largest absolute Gasteiger partial charge is 0.457 e. The van der Waals surface area contributed by atoms with E-state index < -0.39 is 5.97 Å². The van der Waals surface area contributed by atoms with Crippen molar-refractivity contribution < 1.29 is 9.53 Å². The Morgan fingerprint density at radius 2 is 1.87 bits per heavy atom. The molecule has 0 saturated heterocycles. The summed E-state index contributed by atoms with van der Waals surface area (Å²) in [5.41, 5.74) is 3.42. The van der Waals surface area contributed by atoms with Crippen LogP contribution in [0, 0.1) is 13.8 Å². The predicted octanol–water partition coefficient (Wildman–Crippen LogP) is 3.50. The fourth-order valence-corrected chi connectivity index (χ4v) is 2.49. The lowest BCUT2D eigenvalue weighted by Crippen LogP contribution is -2.16. The number of nitrogens with one attached hydrogen (secondary N) is 1. The van der Waals surface area contributed by atoms with Gasteiger partial charge in [-0.15, -0.1) is 0 Å². The molecule has 2 aromatic carbocycles. The minimum Gasteiger partial charge on any atom is -0.457 e. The lowest BCUT2D eigenvalue weighted by atomic mass is 10.1. The SMILES string of the molecule is Cc1ccc2cc(COC(=O)c3ccccc3C)c(=O)[nH]c2c1. The highest BCUT2D eigenvalue weighted by Gasteiger charge is 2.11. The Bertz CT molecular complexity index is 941. The van der Waals surface area contributed by atoms with E-state index >= 15 is 0 Å². The second kappa shape index (κ2) is 6.08. The van der Waals surface area contributed by atoms with Crippen molar-refractivity contribution in [3.05, 3.63) is 81.1 Å². The summed E-state index contributed by atoms with van der Waals surface area (Å²) in [6.07, 6.45) is 0. The molecule has 0 aliphatic carbocycles. The van der Waals surface area contributed by atoms with E-state index in [0.717, 1.165) is 22.0 Å². The zero-order chi connectivity index (χ0) is 16.4. The number of aromatic nitrogens is 1. The molecule has 0 radical (unpaired) electrons. The molecule has 0 amide bonds. The molecule has 4 nitrogen and oxygen atoms in total. The fourth-order valence-electron chi connectivity index (χ4n) is 2.49. The molecule has 0 aliphatic heterocycles. The third kappa shape index (κ3) is 3.16. The van der Waals surface area contributed by atoms with Gasteiger partial charge in [0.25, 0.3) is 5.56 Å². The van der Waals surface area contributed by atoms with E-state index in [-0.39, 0.29) is 12.2 Å². The summed E-state index contributed by atoms with van der Waals surface area (Å²) in [6.45, 7) is 3.77. The van der Waals surface area contributed by atoms with Gasteiger partial charge in [-0.25, -0.2) is 4.79 Å². The topological polar surface area (TPSA) is 59.2 Å². The Kier molecular flexibility index (Phi) is 3.98. The Morgan fingerprint density at radius 3 is 2.65 bits per heavy atom. The van der Waals surface area contributed by atoms with Crippen molar-refractivity contribution >= 4 is 16.9 Å². The van der Waals surface area contributed by atoms with Crippen LogP contribution in [0.1, 0.15) is 27.0 Å². The Morgan fingerprint density at radius 1 is 1.09 bits per heavy atom. The van der Waals surface area contributed by atoms with E-state index in [0.29, 0.717) is 11.1 Å². The molecule has 0 fully saturated rings. The lowest BCUT2D eigenvalue weighted by Gasteiger charge is -2.08. The van der Waals surface area contributed by atoms with Crippen LogP contribution in [0.4, 0.5) is 0 Å². The number of aryl methyl sites for hydroxylation is 2. The number of fused-ring (bicyclic) bond motifs is 1. The van der Waals surface area contributed by atoms with Crippen molar-refractivity contribution in [3.63, 3.8) is 0 Å². The van der Waals surface area contributed by atoms with Gasteiger partial charge in [-0.05, 0) is 48.6 Å². The van der Waals surface area contributed by atoms with Crippen LogP contribution >= 0.6 is 0 Å². The number of carbonyl (C=O) groups is 1. The van der Waals surface area contributed by atoms with Crippen LogP contribution in [-0.4, -0.2) is 11.0 Å². The van der Waals surface area contributed by atoms with Crippen LogP contribution in [-0.2, 0) is 11.3 Å². The van der Waals surface area contributed by atoms with Gasteiger partial charge in [0.15, 0.2) is 0 Å². The van der Waals surface area contributed by atoms with E-state index in [2.05, 4.69) is 4.98 Å². The van der Waals surface area contributed by atoms with Gasteiger partial charge in [0.1, 0.15) is 6.61 Å².